The number of aldehydes is 2. The number of halogens is 2. The van der Waals surface area contributed by atoms with Crippen LogP contribution in [-0.2, 0) is 20.8 Å². The standard InChI is InChI=1S/C26H31FN4O3.ClH/c1-3-30(4-2)14-12-28-26(34)23-10-9-21(29-24(23)18-33)7-5-6-13-31-22(17-32)16-19-15-20(27)8-11-25(19)31;/h5,8-11,13,15,17-18,22,24,29H,3-4,7,12,14,16H2,1-2H3,(H,28,34);1H. The molecule has 2 heterocycles. The van der Waals surface area contributed by atoms with E-state index in [1.54, 1.807) is 35.4 Å². The predicted octanol–water partition coefficient (Wildman–Crippen LogP) is 2.68. The summed E-state index contributed by atoms with van der Waals surface area (Å²) in [6.45, 7) is 7.25. The van der Waals surface area contributed by atoms with Gasteiger partial charge < -0.3 is 30.0 Å². The Bertz CT molecular complexity index is 1050. The van der Waals surface area contributed by atoms with Crippen molar-refractivity contribution >= 4 is 36.6 Å². The Morgan fingerprint density at radius 3 is 2.71 bits per heavy atom. The highest BCUT2D eigenvalue weighted by atomic mass is 35.5. The minimum Gasteiger partial charge on any atom is -0.375 e. The van der Waals surface area contributed by atoms with Crippen LogP contribution in [0.25, 0.3) is 0 Å². The number of hydrogen-bond donors (Lipinski definition) is 2. The van der Waals surface area contributed by atoms with E-state index in [4.69, 9.17) is 0 Å². The van der Waals surface area contributed by atoms with Gasteiger partial charge in [-0.1, -0.05) is 13.8 Å². The lowest BCUT2D eigenvalue weighted by atomic mass is 10.0. The molecule has 7 nitrogen and oxygen atoms in total. The van der Waals surface area contributed by atoms with E-state index in [0.29, 0.717) is 25.0 Å². The van der Waals surface area contributed by atoms with Crippen molar-refractivity contribution in [3.8, 4) is 0 Å². The molecule has 0 aromatic heterocycles. The van der Waals surface area contributed by atoms with Crippen LogP contribution in [0.5, 0.6) is 0 Å². The lowest BCUT2D eigenvalue weighted by Crippen LogP contribution is -2.42. The SMILES string of the molecule is CCN(CC)CCNC(=O)C1=CC=C(CC=C=CN2c3ccc(F)cc3CC2C=O)NC1C=O.Cl. The summed E-state index contributed by atoms with van der Waals surface area (Å²) in [4.78, 5) is 39.5. The molecule has 1 amide bonds. The first-order chi connectivity index (χ1) is 16.5. The van der Waals surface area contributed by atoms with Crippen LogP contribution >= 0.6 is 12.4 Å². The number of carbonyl (C=O) groups is 3. The average Bonchev–Trinajstić information content (AvgIpc) is 3.20. The summed E-state index contributed by atoms with van der Waals surface area (Å²) in [5.74, 6) is -0.582. The van der Waals surface area contributed by atoms with Crippen LogP contribution in [0.1, 0.15) is 25.8 Å². The predicted molar refractivity (Wildman–Crippen MR) is 137 cm³/mol. The molecule has 0 saturated heterocycles. The van der Waals surface area contributed by atoms with E-state index in [-0.39, 0.29) is 24.1 Å². The largest absolute Gasteiger partial charge is 0.375 e. The second-order valence-corrected chi connectivity index (χ2v) is 8.15. The van der Waals surface area contributed by atoms with Gasteiger partial charge in [-0.2, -0.15) is 0 Å². The minimum absolute atomic E-state index is 0. The van der Waals surface area contributed by atoms with Gasteiger partial charge in [-0.25, -0.2) is 4.39 Å². The van der Waals surface area contributed by atoms with Crippen LogP contribution in [0.3, 0.4) is 0 Å². The van der Waals surface area contributed by atoms with E-state index in [0.717, 1.165) is 49.2 Å². The summed E-state index contributed by atoms with van der Waals surface area (Å²) >= 11 is 0. The van der Waals surface area contributed by atoms with Gasteiger partial charge in [0.05, 0.1) is 6.04 Å². The first kappa shape index (κ1) is 28.1. The third kappa shape index (κ3) is 7.15. The van der Waals surface area contributed by atoms with E-state index in [1.165, 1.54) is 12.1 Å². The minimum atomic E-state index is -0.717. The summed E-state index contributed by atoms with van der Waals surface area (Å²) < 4.78 is 13.5. The van der Waals surface area contributed by atoms with Crippen LogP contribution in [0, 0.1) is 5.82 Å². The molecule has 2 N–H and O–H groups in total. The number of allylic oxidation sites excluding steroid dienone is 3. The smallest absolute Gasteiger partial charge is 0.249 e. The molecule has 2 atom stereocenters. The molecule has 2 aliphatic heterocycles. The Morgan fingerprint density at radius 2 is 2.03 bits per heavy atom. The van der Waals surface area contributed by atoms with Crippen LogP contribution in [-0.4, -0.2) is 61.6 Å². The highest BCUT2D eigenvalue weighted by molar-refractivity contribution is 5.99. The summed E-state index contributed by atoms with van der Waals surface area (Å²) in [5, 5.41) is 5.96. The number of amides is 1. The maximum absolute atomic E-state index is 13.5. The van der Waals surface area contributed by atoms with Gasteiger partial charge in [-0.05, 0) is 55.1 Å². The van der Waals surface area contributed by atoms with Crippen LogP contribution in [0.2, 0.25) is 0 Å². The molecule has 0 saturated carbocycles. The maximum atomic E-state index is 13.5. The number of benzene rings is 1. The van der Waals surface area contributed by atoms with Crippen molar-refractivity contribution in [1.29, 1.82) is 0 Å². The number of fused-ring (bicyclic) bond motifs is 1. The molecule has 35 heavy (non-hydrogen) atoms. The van der Waals surface area contributed by atoms with Crippen LogP contribution < -0.4 is 15.5 Å². The fraction of sp³-hybridized carbons (Fsp3) is 0.385. The van der Waals surface area contributed by atoms with Gasteiger partial charge in [0, 0.05) is 49.1 Å². The summed E-state index contributed by atoms with van der Waals surface area (Å²) in [6.07, 6.45) is 9.37. The van der Waals surface area contributed by atoms with Gasteiger partial charge in [-0.3, -0.25) is 4.79 Å². The molecule has 188 valence electrons. The molecule has 3 rings (SSSR count). The molecule has 1 aromatic rings. The molecule has 0 fully saturated rings. The van der Waals surface area contributed by atoms with Crippen molar-refractivity contribution in [3.63, 3.8) is 0 Å². The Balaban J connectivity index is 0.00000432. The zero-order valence-corrected chi connectivity index (χ0v) is 20.8. The molecule has 0 radical (unpaired) electrons. The average molecular weight is 503 g/mol. The van der Waals surface area contributed by atoms with Gasteiger partial charge in [0.1, 0.15) is 24.4 Å². The normalized spacial score (nSPS) is 18.2. The van der Waals surface area contributed by atoms with Crippen molar-refractivity contribution in [2.75, 3.05) is 31.1 Å². The lowest BCUT2D eigenvalue weighted by Gasteiger charge is -2.23. The number of nitrogens with zero attached hydrogens (tertiary/aromatic N) is 2. The molecular weight excluding hydrogens is 471 g/mol. The Hall–Kier alpha value is -3.19. The van der Waals surface area contributed by atoms with Gasteiger partial charge in [-0.15, -0.1) is 18.1 Å². The van der Waals surface area contributed by atoms with Crippen molar-refractivity contribution in [2.24, 2.45) is 0 Å². The second kappa shape index (κ2) is 13.6. The zero-order chi connectivity index (χ0) is 24.5. The number of rotatable bonds is 11. The maximum Gasteiger partial charge on any atom is 0.249 e. The molecule has 0 aliphatic carbocycles. The van der Waals surface area contributed by atoms with E-state index in [9.17, 15) is 18.8 Å². The third-order valence-corrected chi connectivity index (χ3v) is 6.06. The zero-order valence-electron chi connectivity index (χ0n) is 20.0. The fourth-order valence-electron chi connectivity index (χ4n) is 4.09. The fourth-order valence-corrected chi connectivity index (χ4v) is 4.09. The van der Waals surface area contributed by atoms with Gasteiger partial charge in [0.2, 0.25) is 5.91 Å². The number of hydrogen-bond acceptors (Lipinski definition) is 6. The monoisotopic (exact) mass is 502 g/mol. The first-order valence-electron chi connectivity index (χ1n) is 11.6. The number of dihydropyridines is 1. The molecule has 2 unspecified atom stereocenters. The molecule has 0 bridgehead atoms. The van der Waals surface area contributed by atoms with Gasteiger partial charge >= 0.3 is 0 Å². The van der Waals surface area contributed by atoms with Crippen molar-refractivity contribution in [2.45, 2.75) is 38.8 Å². The molecule has 2 aliphatic rings. The molecule has 1 aromatic carbocycles. The molecular formula is C26H32ClFN4O3. The number of nitrogens with one attached hydrogen (secondary N) is 2. The quantitative estimate of drug-likeness (QED) is 0.358. The van der Waals surface area contributed by atoms with Crippen molar-refractivity contribution < 1.29 is 18.8 Å². The van der Waals surface area contributed by atoms with Crippen molar-refractivity contribution in [3.05, 3.63) is 71.0 Å². The summed E-state index contributed by atoms with van der Waals surface area (Å²) in [5.41, 5.74) is 5.79. The summed E-state index contributed by atoms with van der Waals surface area (Å²) in [6, 6.07) is 3.37. The van der Waals surface area contributed by atoms with Crippen LogP contribution in [0.15, 0.2) is 59.6 Å². The third-order valence-electron chi connectivity index (χ3n) is 6.06. The molecule has 0 spiro atoms. The van der Waals surface area contributed by atoms with Crippen molar-refractivity contribution in [1.82, 2.24) is 15.5 Å². The molecule has 9 heteroatoms. The number of likely N-dealkylation sites (N-methyl/N-ethyl adjacent to an activating group) is 1. The first-order valence-corrected chi connectivity index (χ1v) is 11.6. The Morgan fingerprint density at radius 1 is 1.26 bits per heavy atom. The van der Waals surface area contributed by atoms with Crippen LogP contribution in [0.4, 0.5) is 10.1 Å². The Labute approximate surface area is 211 Å². The Kier molecular flexibility index (Phi) is 10.9. The van der Waals surface area contributed by atoms with E-state index < -0.39 is 12.1 Å². The highest BCUT2D eigenvalue weighted by Gasteiger charge is 2.27. The van der Waals surface area contributed by atoms with E-state index >= 15 is 0 Å². The van der Waals surface area contributed by atoms with E-state index in [1.807, 2.05) is 0 Å². The highest BCUT2D eigenvalue weighted by Crippen LogP contribution is 2.32. The lowest BCUT2D eigenvalue weighted by molar-refractivity contribution is -0.119. The van der Waals surface area contributed by atoms with Gasteiger partial charge in [0.25, 0.3) is 0 Å². The second-order valence-electron chi connectivity index (χ2n) is 8.15. The summed E-state index contributed by atoms with van der Waals surface area (Å²) in [7, 11) is 0. The van der Waals surface area contributed by atoms with Gasteiger partial charge in [0.15, 0.2) is 0 Å². The number of anilines is 1. The van der Waals surface area contributed by atoms with E-state index in [2.05, 4.69) is 35.1 Å². The number of carbonyl (C=O) groups excluding carboxylic acids is 3. The topological polar surface area (TPSA) is 81.8 Å².